The predicted octanol–water partition coefficient (Wildman–Crippen LogP) is 3.16. The van der Waals surface area contributed by atoms with E-state index in [0.29, 0.717) is 6.04 Å². The summed E-state index contributed by atoms with van der Waals surface area (Å²) in [6, 6.07) is 2.51. The molecule has 2 N–H and O–H groups in total. The lowest BCUT2D eigenvalue weighted by molar-refractivity contribution is 0.118. The molecular weight excluding hydrogens is 314 g/mol. The standard InChI is InChI=1S/C13H20BrNO2S/c1-13(8-16)5-3-4-11(13)15-7-9-6-10(14)12(17-2)18-9/h6,11,15-16H,3-5,7-8H2,1-2H3. The van der Waals surface area contributed by atoms with Crippen LogP contribution in [0, 0.1) is 5.41 Å². The van der Waals surface area contributed by atoms with E-state index in [9.17, 15) is 5.11 Å². The number of aliphatic hydroxyl groups is 1. The molecule has 2 unspecified atom stereocenters. The lowest BCUT2D eigenvalue weighted by atomic mass is 9.86. The number of aliphatic hydroxyl groups excluding tert-OH is 1. The van der Waals surface area contributed by atoms with Crippen molar-refractivity contribution < 1.29 is 9.84 Å². The molecule has 2 atom stereocenters. The van der Waals surface area contributed by atoms with Crippen LogP contribution < -0.4 is 10.1 Å². The highest BCUT2D eigenvalue weighted by atomic mass is 79.9. The van der Waals surface area contributed by atoms with Gasteiger partial charge in [0.1, 0.15) is 0 Å². The highest BCUT2D eigenvalue weighted by molar-refractivity contribution is 9.10. The SMILES string of the molecule is COc1sc(CNC2CCCC2(C)CO)cc1Br. The molecule has 0 amide bonds. The number of nitrogens with one attached hydrogen (secondary N) is 1. The monoisotopic (exact) mass is 333 g/mol. The molecule has 5 heteroatoms. The van der Waals surface area contributed by atoms with Crippen LogP contribution in [0.5, 0.6) is 5.06 Å². The van der Waals surface area contributed by atoms with Gasteiger partial charge in [-0.3, -0.25) is 0 Å². The van der Waals surface area contributed by atoms with Gasteiger partial charge in [-0.15, -0.1) is 11.3 Å². The van der Waals surface area contributed by atoms with E-state index in [4.69, 9.17) is 4.74 Å². The van der Waals surface area contributed by atoms with Gasteiger partial charge in [-0.1, -0.05) is 13.3 Å². The minimum Gasteiger partial charge on any atom is -0.486 e. The molecule has 1 aromatic heterocycles. The summed E-state index contributed by atoms with van der Waals surface area (Å²) < 4.78 is 6.28. The Labute approximate surface area is 121 Å². The Bertz CT molecular complexity index is 410. The fourth-order valence-electron chi connectivity index (χ4n) is 2.62. The summed E-state index contributed by atoms with van der Waals surface area (Å²) in [5.74, 6) is 0. The molecule has 0 saturated heterocycles. The first kappa shape index (κ1) is 14.3. The van der Waals surface area contributed by atoms with Gasteiger partial charge in [-0.25, -0.2) is 0 Å². The van der Waals surface area contributed by atoms with E-state index in [1.807, 2.05) is 0 Å². The minimum absolute atomic E-state index is 0.0403. The third-order valence-corrected chi connectivity index (χ3v) is 5.81. The summed E-state index contributed by atoms with van der Waals surface area (Å²) in [7, 11) is 1.69. The van der Waals surface area contributed by atoms with Crippen molar-refractivity contribution in [1.82, 2.24) is 5.32 Å². The molecule has 0 aliphatic heterocycles. The first-order valence-corrected chi connectivity index (χ1v) is 7.86. The topological polar surface area (TPSA) is 41.5 Å². The fourth-order valence-corrected chi connectivity index (χ4v) is 4.26. The third-order valence-electron chi connectivity index (χ3n) is 3.86. The Balaban J connectivity index is 1.95. The molecule has 0 spiro atoms. The van der Waals surface area contributed by atoms with Crippen molar-refractivity contribution in [2.75, 3.05) is 13.7 Å². The van der Waals surface area contributed by atoms with Gasteiger partial charge in [-0.05, 0) is 34.8 Å². The average molecular weight is 334 g/mol. The molecule has 0 aromatic carbocycles. The molecule has 2 rings (SSSR count). The first-order valence-electron chi connectivity index (χ1n) is 6.25. The van der Waals surface area contributed by atoms with Crippen molar-refractivity contribution in [2.45, 2.75) is 38.8 Å². The fraction of sp³-hybridized carbons (Fsp3) is 0.692. The largest absolute Gasteiger partial charge is 0.486 e. The number of hydrogen-bond acceptors (Lipinski definition) is 4. The zero-order valence-corrected chi connectivity index (χ0v) is 13.2. The maximum absolute atomic E-state index is 9.51. The van der Waals surface area contributed by atoms with E-state index in [1.165, 1.54) is 11.3 Å². The molecular formula is C13H20BrNO2S. The first-order chi connectivity index (χ1) is 8.59. The van der Waals surface area contributed by atoms with E-state index >= 15 is 0 Å². The van der Waals surface area contributed by atoms with Crippen LogP contribution in [0.1, 0.15) is 31.1 Å². The summed E-state index contributed by atoms with van der Waals surface area (Å²) >= 11 is 5.14. The van der Waals surface area contributed by atoms with E-state index < -0.39 is 0 Å². The summed E-state index contributed by atoms with van der Waals surface area (Å²) in [6.45, 7) is 3.28. The van der Waals surface area contributed by atoms with E-state index in [0.717, 1.165) is 28.9 Å². The van der Waals surface area contributed by atoms with Crippen molar-refractivity contribution in [2.24, 2.45) is 5.41 Å². The van der Waals surface area contributed by atoms with E-state index in [-0.39, 0.29) is 12.0 Å². The zero-order valence-electron chi connectivity index (χ0n) is 10.8. The van der Waals surface area contributed by atoms with Gasteiger partial charge in [0.25, 0.3) is 0 Å². The van der Waals surface area contributed by atoms with Crippen molar-refractivity contribution in [3.8, 4) is 5.06 Å². The van der Waals surface area contributed by atoms with Crippen LogP contribution in [0.25, 0.3) is 0 Å². The molecule has 102 valence electrons. The van der Waals surface area contributed by atoms with Gasteiger partial charge in [0, 0.05) is 29.5 Å². The number of thiophene rings is 1. The van der Waals surface area contributed by atoms with Crippen LogP contribution in [0.2, 0.25) is 0 Å². The summed E-state index contributed by atoms with van der Waals surface area (Å²) in [5.41, 5.74) is 0.0403. The number of methoxy groups -OCH3 is 1. The summed E-state index contributed by atoms with van der Waals surface area (Å²) in [5, 5.41) is 14.0. The lowest BCUT2D eigenvalue weighted by Gasteiger charge is -2.30. The minimum atomic E-state index is 0.0403. The van der Waals surface area contributed by atoms with Crippen LogP contribution in [-0.2, 0) is 6.54 Å². The number of halogens is 1. The zero-order chi connectivity index (χ0) is 13.2. The maximum Gasteiger partial charge on any atom is 0.188 e. The Hall–Kier alpha value is -0.100. The van der Waals surface area contributed by atoms with Crippen molar-refractivity contribution in [3.05, 3.63) is 15.4 Å². The molecule has 1 aliphatic carbocycles. The van der Waals surface area contributed by atoms with Gasteiger partial charge >= 0.3 is 0 Å². The summed E-state index contributed by atoms with van der Waals surface area (Å²) in [6.07, 6.45) is 3.46. The molecule has 1 aromatic rings. The van der Waals surface area contributed by atoms with Crippen LogP contribution >= 0.6 is 27.3 Å². The molecule has 0 bridgehead atoms. The molecule has 18 heavy (non-hydrogen) atoms. The summed E-state index contributed by atoms with van der Waals surface area (Å²) in [4.78, 5) is 1.26. The predicted molar refractivity (Wildman–Crippen MR) is 78.2 cm³/mol. The van der Waals surface area contributed by atoms with Crippen LogP contribution in [0.15, 0.2) is 10.5 Å². The van der Waals surface area contributed by atoms with E-state index in [2.05, 4.69) is 34.2 Å². The van der Waals surface area contributed by atoms with Crippen LogP contribution in [-0.4, -0.2) is 24.9 Å². The van der Waals surface area contributed by atoms with Crippen LogP contribution in [0.4, 0.5) is 0 Å². The second kappa shape index (κ2) is 5.90. The van der Waals surface area contributed by atoms with Gasteiger partial charge in [0.2, 0.25) is 0 Å². The average Bonchev–Trinajstić information content (AvgIpc) is 2.91. The van der Waals surface area contributed by atoms with Gasteiger partial charge in [-0.2, -0.15) is 0 Å². The second-order valence-electron chi connectivity index (χ2n) is 5.19. The number of hydrogen-bond donors (Lipinski definition) is 2. The van der Waals surface area contributed by atoms with Crippen LogP contribution in [0.3, 0.4) is 0 Å². The molecule has 1 saturated carbocycles. The van der Waals surface area contributed by atoms with Crippen molar-refractivity contribution >= 4 is 27.3 Å². The number of rotatable bonds is 5. The van der Waals surface area contributed by atoms with Gasteiger partial charge < -0.3 is 15.2 Å². The third kappa shape index (κ3) is 2.90. The second-order valence-corrected chi connectivity index (χ2v) is 7.14. The van der Waals surface area contributed by atoms with Gasteiger partial charge in [0.05, 0.1) is 11.6 Å². The maximum atomic E-state index is 9.51. The Kier molecular flexibility index (Phi) is 4.69. The highest BCUT2D eigenvalue weighted by Gasteiger charge is 2.37. The van der Waals surface area contributed by atoms with Gasteiger partial charge in [0.15, 0.2) is 5.06 Å². The molecule has 3 nitrogen and oxygen atoms in total. The van der Waals surface area contributed by atoms with E-state index in [1.54, 1.807) is 18.4 Å². The smallest absolute Gasteiger partial charge is 0.188 e. The van der Waals surface area contributed by atoms with Crippen molar-refractivity contribution in [3.63, 3.8) is 0 Å². The molecule has 0 radical (unpaired) electrons. The quantitative estimate of drug-likeness (QED) is 0.869. The Morgan fingerprint density at radius 3 is 3.06 bits per heavy atom. The Morgan fingerprint density at radius 2 is 2.44 bits per heavy atom. The molecule has 1 fully saturated rings. The normalized spacial score (nSPS) is 27.7. The number of ether oxygens (including phenoxy) is 1. The Morgan fingerprint density at radius 1 is 1.67 bits per heavy atom. The van der Waals surface area contributed by atoms with Crippen molar-refractivity contribution in [1.29, 1.82) is 0 Å². The highest BCUT2D eigenvalue weighted by Crippen LogP contribution is 2.38. The lowest BCUT2D eigenvalue weighted by Crippen LogP contribution is -2.41. The molecule has 1 aliphatic rings. The molecule has 1 heterocycles.